The number of rotatable bonds is 8. The minimum Gasteiger partial charge on any atom is -0.0622 e. The summed E-state index contributed by atoms with van der Waals surface area (Å²) in [7, 11) is 0. The SMILES string of the molecule is CC(C)(c1ccccc1)c1ccccc1.CC(C)c1ccc(-c2ccccc2)cc1.CC(C)c1cccc2ccccc12.CC(C)c1ccccc1.CC1(C)CCc2ccccc21.CC1(C)c2ccccc2-c2ccccc21.Cc1ccc(C(C)C)cc1.Cc1ccc(C(C)C)cc1C. The van der Waals surface area contributed by atoms with Gasteiger partial charge in [-0.25, -0.2) is 0 Å². The highest BCUT2D eigenvalue weighted by Crippen LogP contribution is 2.48. The summed E-state index contributed by atoms with van der Waals surface area (Å²) < 4.78 is 0. The van der Waals surface area contributed by atoms with Crippen LogP contribution in [-0.4, -0.2) is 0 Å². The van der Waals surface area contributed by atoms with Crippen molar-refractivity contribution in [1.29, 1.82) is 0 Å². The Balaban J connectivity index is 0.000000160. The van der Waals surface area contributed by atoms with E-state index in [0.717, 1.165) is 0 Å². The van der Waals surface area contributed by atoms with Gasteiger partial charge in [-0.05, 0) is 174 Å². The summed E-state index contributed by atoms with van der Waals surface area (Å²) in [5.41, 5.74) is 26.0. The first-order valence-electron chi connectivity index (χ1n) is 36.5. The van der Waals surface area contributed by atoms with Gasteiger partial charge in [0.15, 0.2) is 0 Å². The maximum Gasteiger partial charge on any atom is 0.0158 e. The molecule has 0 fully saturated rings. The third-order valence-electron chi connectivity index (χ3n) is 19.8. The molecule has 99 heavy (non-hydrogen) atoms. The summed E-state index contributed by atoms with van der Waals surface area (Å²) in [6, 6.07) is 108. The molecule has 0 heterocycles. The van der Waals surface area contributed by atoms with Crippen LogP contribution in [0.25, 0.3) is 33.0 Å². The summed E-state index contributed by atoms with van der Waals surface area (Å²) in [5.74, 6) is 3.17. The van der Waals surface area contributed by atoms with Crippen molar-refractivity contribution >= 4 is 10.8 Å². The van der Waals surface area contributed by atoms with E-state index in [1.807, 2.05) is 12.1 Å². The normalized spacial score (nSPS) is 12.5. The zero-order chi connectivity index (χ0) is 71.7. The molecule has 0 spiro atoms. The quantitative estimate of drug-likeness (QED) is 0.142. The molecule has 0 nitrogen and oxygen atoms in total. The van der Waals surface area contributed by atoms with Gasteiger partial charge in [0.25, 0.3) is 0 Å². The molecule has 0 atom stereocenters. The topological polar surface area (TPSA) is 0 Å². The predicted octanol–water partition coefficient (Wildman–Crippen LogP) is 28.7. The van der Waals surface area contributed by atoms with Crippen molar-refractivity contribution in [3.8, 4) is 22.3 Å². The fraction of sp³-hybridized carbons (Fsp3) is 0.293. The molecular weight excluding hydrogens is 1190 g/mol. The van der Waals surface area contributed by atoms with E-state index in [4.69, 9.17) is 0 Å². The maximum absolute atomic E-state index is 2.33. The van der Waals surface area contributed by atoms with E-state index in [9.17, 15) is 0 Å². The van der Waals surface area contributed by atoms with Crippen LogP contribution in [0, 0.1) is 20.8 Å². The molecule has 0 aliphatic heterocycles. The van der Waals surface area contributed by atoms with Gasteiger partial charge < -0.3 is 0 Å². The number of fused-ring (bicyclic) bond motifs is 5. The van der Waals surface area contributed by atoms with E-state index >= 15 is 0 Å². The van der Waals surface area contributed by atoms with E-state index < -0.39 is 0 Å². The summed E-state index contributed by atoms with van der Waals surface area (Å²) in [5, 5.41) is 2.73. The highest BCUT2D eigenvalue weighted by atomic mass is 14.4. The standard InChI is InChI=1S/C15H14.2C15H16.C13H14.C11H14.C11H16.C10H14.C9H12/c1-15(2)13-9-5-3-7-11(13)12-8-4-6-10-14(12)15;1-15(2,13-9-5-3-6-10-13)14-11-7-4-8-12-14;1-12(2)13-8-10-15(11-9-13)14-6-4-3-5-7-14;1-10(2)12-9-5-7-11-6-3-4-8-13(11)12;1-11(2)8-7-9-5-3-4-6-10(9)11;1-8(2)11-6-5-9(3)10(4)7-11;1-8(2)10-6-4-9(3)5-7-10;1-8(2)9-6-4-3-5-7-9/h3-10H,1-2H3;2*3-12H,1-2H3;3-10H,1-2H3;3-6H,7-8H2,1-2H3;5-8H,1-4H3;4-8H,1-3H3;3-8H,1-2H3. The average Bonchev–Trinajstić information content (AvgIpc) is 1.58. The minimum atomic E-state index is 0.0858. The van der Waals surface area contributed by atoms with Gasteiger partial charge in [-0.2, -0.15) is 0 Å². The number of benzene rings is 12. The predicted molar refractivity (Wildman–Crippen MR) is 437 cm³/mol. The lowest BCUT2D eigenvalue weighted by Crippen LogP contribution is -2.18. The molecule has 0 bridgehead atoms. The van der Waals surface area contributed by atoms with E-state index in [2.05, 4.69) is 423 Å². The van der Waals surface area contributed by atoms with Gasteiger partial charge in [0.1, 0.15) is 0 Å². The average molecular weight is 1310 g/mol. The largest absolute Gasteiger partial charge is 0.0622 e. The first kappa shape index (κ1) is 77.3. The van der Waals surface area contributed by atoms with Crippen LogP contribution >= 0.6 is 0 Å². The maximum atomic E-state index is 2.33. The molecule has 0 unspecified atom stereocenters. The first-order chi connectivity index (χ1) is 47.3. The van der Waals surface area contributed by atoms with E-state index in [0.29, 0.717) is 35.0 Å². The summed E-state index contributed by atoms with van der Waals surface area (Å²) in [6.07, 6.45) is 2.58. The summed E-state index contributed by atoms with van der Waals surface area (Å²) >= 11 is 0. The second-order valence-electron chi connectivity index (χ2n) is 30.1. The van der Waals surface area contributed by atoms with Crippen LogP contribution in [0.3, 0.4) is 0 Å². The van der Waals surface area contributed by atoms with Crippen LogP contribution in [0.1, 0.15) is 225 Å². The van der Waals surface area contributed by atoms with Crippen molar-refractivity contribution < 1.29 is 0 Å². The molecule has 0 N–H and O–H groups in total. The molecule has 0 saturated carbocycles. The van der Waals surface area contributed by atoms with Crippen LogP contribution < -0.4 is 0 Å². The van der Waals surface area contributed by atoms with Crippen molar-refractivity contribution in [2.45, 2.75) is 190 Å². The Bertz CT molecular complexity index is 4190. The molecule has 14 rings (SSSR count). The molecule has 2 aliphatic carbocycles. The van der Waals surface area contributed by atoms with Crippen molar-refractivity contribution in [2.75, 3.05) is 0 Å². The Hall–Kier alpha value is -9.10. The van der Waals surface area contributed by atoms with Crippen molar-refractivity contribution in [2.24, 2.45) is 0 Å². The van der Waals surface area contributed by atoms with Crippen LogP contribution in [0.2, 0.25) is 0 Å². The Morgan fingerprint density at radius 1 is 0.313 bits per heavy atom. The van der Waals surface area contributed by atoms with Crippen molar-refractivity contribution in [3.05, 3.63) is 381 Å². The van der Waals surface area contributed by atoms with E-state index in [1.165, 1.54) is 113 Å². The van der Waals surface area contributed by atoms with Gasteiger partial charge >= 0.3 is 0 Å². The monoisotopic (exact) mass is 1300 g/mol. The van der Waals surface area contributed by atoms with Gasteiger partial charge in [0.05, 0.1) is 0 Å². The number of hydrogen-bond donors (Lipinski definition) is 0. The van der Waals surface area contributed by atoms with Crippen LogP contribution in [0.15, 0.2) is 303 Å². The Kier molecular flexibility index (Phi) is 29.0. The highest BCUT2D eigenvalue weighted by molar-refractivity contribution is 5.86. The smallest absolute Gasteiger partial charge is 0.0158 e. The lowest BCUT2D eigenvalue weighted by Gasteiger charge is -2.25. The Morgan fingerprint density at radius 3 is 1.16 bits per heavy atom. The van der Waals surface area contributed by atoms with Gasteiger partial charge in [0, 0.05) is 10.8 Å². The molecule has 0 amide bonds. The van der Waals surface area contributed by atoms with Crippen molar-refractivity contribution in [3.63, 3.8) is 0 Å². The third-order valence-corrected chi connectivity index (χ3v) is 19.8. The Labute approximate surface area is 600 Å². The van der Waals surface area contributed by atoms with Gasteiger partial charge in [-0.15, -0.1) is 0 Å². The second kappa shape index (κ2) is 37.2. The molecule has 0 aromatic heterocycles. The number of aryl methyl sites for hydroxylation is 4. The summed E-state index contributed by atoms with van der Waals surface area (Å²) in [6.45, 7) is 42.4. The van der Waals surface area contributed by atoms with Gasteiger partial charge in [-0.1, -0.05) is 420 Å². The molecule has 512 valence electrons. The second-order valence-corrected chi connectivity index (χ2v) is 30.1. The van der Waals surface area contributed by atoms with E-state index in [-0.39, 0.29) is 10.8 Å². The fourth-order valence-corrected chi connectivity index (χ4v) is 12.9. The zero-order valence-electron chi connectivity index (χ0n) is 63.7. The lowest BCUT2D eigenvalue weighted by molar-refractivity contribution is 0.522. The van der Waals surface area contributed by atoms with Crippen LogP contribution in [-0.2, 0) is 22.7 Å². The number of hydrogen-bond acceptors (Lipinski definition) is 0. The zero-order valence-corrected chi connectivity index (χ0v) is 63.7. The molecule has 0 radical (unpaired) electrons. The third kappa shape index (κ3) is 22.2. The molecule has 0 saturated heterocycles. The van der Waals surface area contributed by atoms with Crippen LogP contribution in [0.5, 0.6) is 0 Å². The summed E-state index contributed by atoms with van der Waals surface area (Å²) in [4.78, 5) is 0. The van der Waals surface area contributed by atoms with Crippen molar-refractivity contribution in [1.82, 2.24) is 0 Å². The minimum absolute atomic E-state index is 0.0858. The van der Waals surface area contributed by atoms with Crippen LogP contribution in [0.4, 0.5) is 0 Å². The fourth-order valence-electron chi connectivity index (χ4n) is 12.9. The van der Waals surface area contributed by atoms with E-state index in [1.54, 1.807) is 11.1 Å². The molecule has 12 aromatic rings. The lowest BCUT2D eigenvalue weighted by atomic mass is 9.78. The highest BCUT2D eigenvalue weighted by Gasteiger charge is 2.34. The molecule has 12 aromatic carbocycles. The molecular formula is C99H116. The van der Waals surface area contributed by atoms with Gasteiger partial charge in [0.2, 0.25) is 0 Å². The molecule has 2 aliphatic rings. The first-order valence-corrected chi connectivity index (χ1v) is 36.5. The van der Waals surface area contributed by atoms with Gasteiger partial charge in [-0.3, -0.25) is 0 Å². The molecule has 0 heteroatoms. The Morgan fingerprint density at radius 2 is 0.697 bits per heavy atom.